The molecule has 4 aliphatic carbocycles. The van der Waals surface area contributed by atoms with Gasteiger partial charge in [-0.25, -0.2) is 0 Å². The minimum absolute atomic E-state index is 0.675. The van der Waals surface area contributed by atoms with Crippen molar-refractivity contribution < 1.29 is 0 Å². The van der Waals surface area contributed by atoms with Crippen molar-refractivity contribution in [3.63, 3.8) is 0 Å². The molecule has 272 valence electrons. The van der Waals surface area contributed by atoms with Gasteiger partial charge in [0.25, 0.3) is 0 Å². The standard InChI is InChI=1S/C56H42S/c1-2-13-35(14-3-1)52-39-15-4-6-17-41(39)53(42-18-7-5-16-40(42)52)36-25-26-50-49(32-36)47-23-12-24-48(56(47)57-50)54-43-19-8-10-21-45(43)55(46-22-11-9-20-44(46)54)51-37-28-33-27-34(30-37)31-38(51)29-33/h1-26,32-34,37-38,51H,27-31H2. The molecule has 9 aromatic carbocycles. The Hall–Kier alpha value is -5.76. The van der Waals surface area contributed by atoms with Gasteiger partial charge in [-0.05, 0) is 150 Å². The van der Waals surface area contributed by atoms with Gasteiger partial charge in [-0.1, -0.05) is 152 Å². The normalized spacial score (nSPS) is 21.5. The van der Waals surface area contributed by atoms with Crippen molar-refractivity contribution in [1.29, 1.82) is 0 Å². The van der Waals surface area contributed by atoms with Gasteiger partial charge in [0.2, 0.25) is 0 Å². The zero-order valence-corrected chi connectivity index (χ0v) is 32.7. The Labute approximate surface area is 337 Å². The molecular weight excluding hydrogens is 705 g/mol. The molecule has 0 unspecified atom stereocenters. The predicted octanol–water partition coefficient (Wildman–Crippen LogP) is 16.2. The Morgan fingerprint density at radius 2 is 0.825 bits per heavy atom. The molecule has 4 saturated carbocycles. The highest BCUT2D eigenvalue weighted by atomic mass is 32.1. The minimum Gasteiger partial charge on any atom is -0.135 e. The summed E-state index contributed by atoms with van der Waals surface area (Å²) in [5, 5.41) is 13.7. The lowest BCUT2D eigenvalue weighted by Gasteiger charge is -2.55. The molecule has 4 aliphatic rings. The van der Waals surface area contributed by atoms with Crippen LogP contribution < -0.4 is 0 Å². The Bertz CT molecular complexity index is 3110. The second kappa shape index (κ2) is 12.4. The molecule has 1 heterocycles. The van der Waals surface area contributed by atoms with Gasteiger partial charge < -0.3 is 0 Å². The summed E-state index contributed by atoms with van der Waals surface area (Å²) in [6.45, 7) is 0. The van der Waals surface area contributed by atoms with E-state index < -0.39 is 0 Å². The molecule has 0 aliphatic heterocycles. The Kier molecular flexibility index (Phi) is 7.02. The molecule has 0 nitrogen and oxygen atoms in total. The summed E-state index contributed by atoms with van der Waals surface area (Å²) in [5.41, 5.74) is 9.58. The molecule has 0 spiro atoms. The van der Waals surface area contributed by atoms with Crippen LogP contribution in [-0.4, -0.2) is 0 Å². The SMILES string of the molecule is c1ccc(-c2c3ccccc3c(-c3ccc4sc5c(-c6c7ccccc7c(C7C8CC9CC(C8)CC7C9)c7ccccc67)cccc5c4c3)c3ccccc23)cc1. The Balaban J connectivity index is 1.04. The number of benzene rings is 9. The van der Waals surface area contributed by atoms with Crippen LogP contribution in [0.2, 0.25) is 0 Å². The van der Waals surface area contributed by atoms with Gasteiger partial charge in [0.05, 0.1) is 0 Å². The molecule has 57 heavy (non-hydrogen) atoms. The monoisotopic (exact) mass is 746 g/mol. The summed E-state index contributed by atoms with van der Waals surface area (Å²) in [4.78, 5) is 0. The van der Waals surface area contributed by atoms with Gasteiger partial charge in [0.1, 0.15) is 0 Å². The van der Waals surface area contributed by atoms with Crippen LogP contribution in [0.1, 0.15) is 43.6 Å². The molecule has 1 aromatic heterocycles. The van der Waals surface area contributed by atoms with E-state index in [1.165, 1.54) is 129 Å². The van der Waals surface area contributed by atoms with Crippen LogP contribution in [0.4, 0.5) is 0 Å². The average molecular weight is 747 g/mol. The zero-order chi connectivity index (χ0) is 37.2. The van der Waals surface area contributed by atoms with Crippen LogP contribution in [-0.2, 0) is 0 Å². The first-order chi connectivity index (χ1) is 28.3. The highest BCUT2D eigenvalue weighted by Gasteiger charge is 2.49. The van der Waals surface area contributed by atoms with Crippen LogP contribution in [0.3, 0.4) is 0 Å². The van der Waals surface area contributed by atoms with Crippen molar-refractivity contribution in [2.24, 2.45) is 23.7 Å². The van der Waals surface area contributed by atoms with Crippen LogP contribution >= 0.6 is 11.3 Å². The van der Waals surface area contributed by atoms with Gasteiger partial charge >= 0.3 is 0 Å². The first kappa shape index (κ1) is 32.3. The smallest absolute Gasteiger partial charge is 0.0434 e. The molecule has 0 radical (unpaired) electrons. The van der Waals surface area contributed by atoms with E-state index in [1.54, 1.807) is 5.56 Å². The molecule has 0 saturated heterocycles. The first-order valence-corrected chi connectivity index (χ1v) is 22.0. The third-order valence-electron chi connectivity index (χ3n) is 14.6. The molecule has 0 amide bonds. The average Bonchev–Trinajstić information content (AvgIpc) is 3.63. The Morgan fingerprint density at radius 1 is 0.351 bits per heavy atom. The lowest BCUT2D eigenvalue weighted by molar-refractivity contribution is -0.00185. The van der Waals surface area contributed by atoms with Gasteiger partial charge in [0.15, 0.2) is 0 Å². The van der Waals surface area contributed by atoms with Gasteiger partial charge in [-0.2, -0.15) is 0 Å². The van der Waals surface area contributed by atoms with E-state index in [0.717, 1.165) is 23.7 Å². The van der Waals surface area contributed by atoms with Crippen LogP contribution in [0, 0.1) is 23.7 Å². The lowest BCUT2D eigenvalue weighted by Crippen LogP contribution is -2.43. The largest absolute Gasteiger partial charge is 0.135 e. The lowest BCUT2D eigenvalue weighted by atomic mass is 9.50. The van der Waals surface area contributed by atoms with E-state index in [2.05, 4.69) is 164 Å². The van der Waals surface area contributed by atoms with Crippen molar-refractivity contribution in [2.75, 3.05) is 0 Å². The van der Waals surface area contributed by atoms with E-state index in [-0.39, 0.29) is 0 Å². The highest BCUT2D eigenvalue weighted by Crippen LogP contribution is 2.62. The number of rotatable bonds is 4. The summed E-state index contributed by atoms with van der Waals surface area (Å²) in [6, 6.07) is 62.2. The fourth-order valence-corrected chi connectivity index (χ4v) is 13.9. The van der Waals surface area contributed by atoms with Crippen molar-refractivity contribution in [3.05, 3.63) is 169 Å². The molecule has 4 fully saturated rings. The van der Waals surface area contributed by atoms with Crippen LogP contribution in [0.25, 0.3) is 96.6 Å². The van der Waals surface area contributed by atoms with Crippen molar-refractivity contribution >= 4 is 74.6 Å². The fraction of sp³-hybridized carbons (Fsp3) is 0.179. The quantitative estimate of drug-likeness (QED) is 0.157. The third kappa shape index (κ3) is 4.73. The maximum atomic E-state index is 2.49. The summed E-state index contributed by atoms with van der Waals surface area (Å²) in [6.07, 6.45) is 7.25. The van der Waals surface area contributed by atoms with Crippen LogP contribution in [0.15, 0.2) is 164 Å². The van der Waals surface area contributed by atoms with E-state index in [0.29, 0.717) is 5.92 Å². The topological polar surface area (TPSA) is 0 Å². The Morgan fingerprint density at radius 3 is 1.39 bits per heavy atom. The summed E-state index contributed by atoms with van der Waals surface area (Å²) < 4.78 is 2.73. The highest BCUT2D eigenvalue weighted by molar-refractivity contribution is 7.26. The summed E-state index contributed by atoms with van der Waals surface area (Å²) >= 11 is 1.96. The number of fused-ring (bicyclic) bond motifs is 7. The second-order valence-electron chi connectivity index (χ2n) is 17.5. The van der Waals surface area contributed by atoms with Crippen molar-refractivity contribution in [1.82, 2.24) is 0 Å². The number of thiophene rings is 1. The fourth-order valence-electron chi connectivity index (χ4n) is 12.7. The van der Waals surface area contributed by atoms with Gasteiger partial charge in [-0.3, -0.25) is 0 Å². The molecule has 14 rings (SSSR count). The van der Waals surface area contributed by atoms with Crippen molar-refractivity contribution in [3.8, 4) is 33.4 Å². The van der Waals surface area contributed by atoms with E-state index >= 15 is 0 Å². The number of hydrogen-bond donors (Lipinski definition) is 0. The second-order valence-corrected chi connectivity index (χ2v) is 18.6. The third-order valence-corrected chi connectivity index (χ3v) is 15.8. The molecule has 10 aromatic rings. The van der Waals surface area contributed by atoms with E-state index in [4.69, 9.17) is 0 Å². The summed E-state index contributed by atoms with van der Waals surface area (Å²) in [5.74, 6) is 4.29. The van der Waals surface area contributed by atoms with Gasteiger partial charge in [0, 0.05) is 25.7 Å². The van der Waals surface area contributed by atoms with E-state index in [1.807, 2.05) is 11.3 Å². The maximum absolute atomic E-state index is 2.49. The first-order valence-electron chi connectivity index (χ1n) is 21.1. The molecule has 0 N–H and O–H groups in total. The van der Waals surface area contributed by atoms with Crippen molar-refractivity contribution in [2.45, 2.75) is 38.0 Å². The molecule has 4 bridgehead atoms. The molecule has 0 atom stereocenters. The molecule has 1 heteroatoms. The van der Waals surface area contributed by atoms with E-state index in [9.17, 15) is 0 Å². The number of hydrogen-bond acceptors (Lipinski definition) is 1. The summed E-state index contributed by atoms with van der Waals surface area (Å²) in [7, 11) is 0. The predicted molar refractivity (Wildman–Crippen MR) is 245 cm³/mol. The van der Waals surface area contributed by atoms with Gasteiger partial charge in [-0.15, -0.1) is 11.3 Å². The van der Waals surface area contributed by atoms with Crippen LogP contribution in [0.5, 0.6) is 0 Å². The zero-order valence-electron chi connectivity index (χ0n) is 31.9. The maximum Gasteiger partial charge on any atom is 0.0434 e. The molecular formula is C56H42S. The minimum atomic E-state index is 0.675.